The molecule has 0 aliphatic rings. The Balaban J connectivity index is 2.84. The van der Waals surface area contributed by atoms with Gasteiger partial charge in [0.15, 0.2) is 0 Å². The first kappa shape index (κ1) is 11.6. The third-order valence-electron chi connectivity index (χ3n) is 2.02. The van der Waals surface area contributed by atoms with E-state index in [2.05, 4.69) is 20.9 Å². The summed E-state index contributed by atoms with van der Waals surface area (Å²) < 4.78 is 0.675. The highest BCUT2D eigenvalue weighted by Gasteiger charge is 2.13. The van der Waals surface area contributed by atoms with Crippen molar-refractivity contribution in [1.82, 2.24) is 4.98 Å². The van der Waals surface area contributed by atoms with E-state index in [0.717, 1.165) is 0 Å². The van der Waals surface area contributed by atoms with Gasteiger partial charge in [0.2, 0.25) is 0 Å². The lowest BCUT2D eigenvalue weighted by Crippen LogP contribution is -1.99. The third-order valence-corrected chi connectivity index (χ3v) is 3.13. The zero-order valence-corrected chi connectivity index (χ0v) is 10.8. The van der Waals surface area contributed by atoms with Crippen molar-refractivity contribution in [3.8, 4) is 0 Å². The molecule has 0 aliphatic heterocycles. The Bertz CT molecular complexity index is 601. The third kappa shape index (κ3) is 2.00. The number of carbonyl (C=O) groups is 1. The number of hydrogen-bond donors (Lipinski definition) is 1. The number of hydrogen-bond acceptors (Lipinski definition) is 2. The molecule has 3 nitrogen and oxygen atoms in total. The molecule has 1 N–H and O–H groups in total. The van der Waals surface area contributed by atoms with Crippen molar-refractivity contribution in [2.45, 2.75) is 0 Å². The molecule has 0 amide bonds. The van der Waals surface area contributed by atoms with Crippen molar-refractivity contribution < 1.29 is 9.90 Å². The number of rotatable bonds is 1. The summed E-state index contributed by atoms with van der Waals surface area (Å²) in [4.78, 5) is 14.9. The first-order valence-electron chi connectivity index (χ1n) is 4.17. The van der Waals surface area contributed by atoms with E-state index >= 15 is 0 Å². The minimum Gasteiger partial charge on any atom is -0.478 e. The van der Waals surface area contributed by atoms with Crippen molar-refractivity contribution in [1.29, 1.82) is 0 Å². The molecule has 0 saturated heterocycles. The van der Waals surface area contributed by atoms with Gasteiger partial charge in [0.25, 0.3) is 0 Å². The van der Waals surface area contributed by atoms with E-state index in [0.29, 0.717) is 20.4 Å². The molecule has 0 saturated carbocycles. The van der Waals surface area contributed by atoms with Gasteiger partial charge in [-0.2, -0.15) is 0 Å². The Morgan fingerprint density at radius 2 is 2.00 bits per heavy atom. The van der Waals surface area contributed by atoms with Gasteiger partial charge in [0.1, 0.15) is 5.15 Å². The highest BCUT2D eigenvalue weighted by molar-refractivity contribution is 9.10. The monoisotopic (exact) mass is 319 g/mol. The molecule has 1 aromatic carbocycles. The van der Waals surface area contributed by atoms with Crippen LogP contribution < -0.4 is 0 Å². The highest BCUT2D eigenvalue weighted by atomic mass is 79.9. The average molecular weight is 321 g/mol. The topological polar surface area (TPSA) is 50.2 Å². The summed E-state index contributed by atoms with van der Waals surface area (Å²) in [5.74, 6) is -1.12. The van der Waals surface area contributed by atoms with Crippen LogP contribution in [0.3, 0.4) is 0 Å². The molecule has 1 heterocycles. The summed E-state index contributed by atoms with van der Waals surface area (Å²) in [5.41, 5.74) is 0.544. The maximum absolute atomic E-state index is 10.9. The Labute approximate surface area is 109 Å². The van der Waals surface area contributed by atoms with Gasteiger partial charge in [-0.1, -0.05) is 23.2 Å². The highest BCUT2D eigenvalue weighted by Crippen LogP contribution is 2.29. The molecule has 0 bridgehead atoms. The number of aromatic nitrogens is 1. The van der Waals surface area contributed by atoms with Crippen LogP contribution in [-0.4, -0.2) is 16.1 Å². The zero-order valence-electron chi connectivity index (χ0n) is 7.67. The van der Waals surface area contributed by atoms with Crippen LogP contribution in [0.15, 0.2) is 22.7 Å². The number of benzene rings is 1. The zero-order chi connectivity index (χ0) is 11.9. The molecule has 16 heavy (non-hydrogen) atoms. The van der Waals surface area contributed by atoms with Gasteiger partial charge in [0, 0.05) is 14.9 Å². The molecule has 1 aromatic heterocycles. The summed E-state index contributed by atoms with van der Waals surface area (Å²) in [6.45, 7) is 0. The fraction of sp³-hybridized carbons (Fsp3) is 0. The largest absolute Gasteiger partial charge is 0.478 e. The van der Waals surface area contributed by atoms with Crippen LogP contribution in [0.25, 0.3) is 10.9 Å². The van der Waals surface area contributed by atoms with E-state index in [1.165, 1.54) is 6.07 Å². The summed E-state index contributed by atoms with van der Waals surface area (Å²) in [7, 11) is 0. The predicted molar refractivity (Wildman–Crippen MR) is 66.4 cm³/mol. The summed E-state index contributed by atoms with van der Waals surface area (Å²) in [6.07, 6.45) is 0. The van der Waals surface area contributed by atoms with Crippen LogP contribution in [0.4, 0.5) is 0 Å². The predicted octanol–water partition coefficient (Wildman–Crippen LogP) is 4.00. The molecule has 0 atom stereocenters. The maximum atomic E-state index is 10.9. The normalized spacial score (nSPS) is 10.7. The van der Waals surface area contributed by atoms with Crippen molar-refractivity contribution in [3.05, 3.63) is 38.4 Å². The molecule has 6 heteroatoms. The van der Waals surface area contributed by atoms with E-state index < -0.39 is 5.97 Å². The van der Waals surface area contributed by atoms with Crippen LogP contribution >= 0.6 is 39.1 Å². The number of fused-ring (bicyclic) bond motifs is 1. The standard InChI is InChI=1S/C10H4BrCl2NO2/c11-7-3-5(12)1-4-2-6(10(15)16)9(13)14-8(4)7/h1-3H,(H,15,16). The second kappa shape index (κ2) is 4.20. The van der Waals surface area contributed by atoms with Gasteiger partial charge in [0.05, 0.1) is 11.1 Å². The fourth-order valence-electron chi connectivity index (χ4n) is 1.34. The van der Waals surface area contributed by atoms with Crippen LogP contribution in [0.5, 0.6) is 0 Å². The van der Waals surface area contributed by atoms with Crippen LogP contribution in [0.1, 0.15) is 10.4 Å². The van der Waals surface area contributed by atoms with Crippen LogP contribution in [0, 0.1) is 0 Å². The second-order valence-electron chi connectivity index (χ2n) is 3.09. The van der Waals surface area contributed by atoms with Gasteiger partial charge in [-0.3, -0.25) is 0 Å². The number of pyridine rings is 1. The number of carboxylic acids is 1. The smallest absolute Gasteiger partial charge is 0.338 e. The Kier molecular flexibility index (Phi) is 3.06. The SMILES string of the molecule is O=C(O)c1cc2cc(Cl)cc(Br)c2nc1Cl. The summed E-state index contributed by atoms with van der Waals surface area (Å²) >= 11 is 14.9. The number of aromatic carboxylic acids is 1. The minimum absolute atomic E-state index is 0.0386. The Morgan fingerprint density at radius 1 is 1.31 bits per heavy atom. The molecule has 82 valence electrons. The van der Waals surface area contributed by atoms with E-state index in [9.17, 15) is 4.79 Å². The molecule has 0 aliphatic carbocycles. The molecular formula is C10H4BrCl2NO2. The van der Waals surface area contributed by atoms with E-state index in [1.807, 2.05) is 0 Å². The van der Waals surface area contributed by atoms with Gasteiger partial charge in [-0.15, -0.1) is 0 Å². The molecule has 0 unspecified atom stereocenters. The van der Waals surface area contributed by atoms with Crippen molar-refractivity contribution in [2.24, 2.45) is 0 Å². The lowest BCUT2D eigenvalue weighted by Gasteiger charge is -2.04. The van der Waals surface area contributed by atoms with Gasteiger partial charge in [-0.05, 0) is 34.1 Å². The van der Waals surface area contributed by atoms with Crippen molar-refractivity contribution >= 4 is 56.0 Å². The van der Waals surface area contributed by atoms with Crippen molar-refractivity contribution in [2.75, 3.05) is 0 Å². The lowest BCUT2D eigenvalue weighted by molar-refractivity contribution is 0.0697. The fourth-order valence-corrected chi connectivity index (χ4v) is 2.48. The Hall–Kier alpha value is -0.840. The first-order chi connectivity index (χ1) is 7.49. The summed E-state index contributed by atoms with van der Waals surface area (Å²) in [6, 6.07) is 4.76. The number of halogens is 3. The molecule has 0 radical (unpaired) electrons. The minimum atomic E-state index is -1.12. The molecule has 2 aromatic rings. The first-order valence-corrected chi connectivity index (χ1v) is 5.72. The summed E-state index contributed by atoms with van der Waals surface area (Å²) in [5, 5.41) is 9.98. The Morgan fingerprint density at radius 3 is 2.62 bits per heavy atom. The molecule has 0 fully saturated rings. The van der Waals surface area contributed by atoms with Gasteiger partial charge >= 0.3 is 5.97 Å². The van der Waals surface area contributed by atoms with Crippen LogP contribution in [0.2, 0.25) is 10.2 Å². The molecule has 2 rings (SSSR count). The lowest BCUT2D eigenvalue weighted by atomic mass is 10.1. The van der Waals surface area contributed by atoms with Gasteiger partial charge < -0.3 is 5.11 Å². The van der Waals surface area contributed by atoms with E-state index in [4.69, 9.17) is 28.3 Å². The van der Waals surface area contributed by atoms with E-state index in [1.54, 1.807) is 12.1 Å². The quantitative estimate of drug-likeness (QED) is 0.808. The maximum Gasteiger partial charge on any atom is 0.338 e. The van der Waals surface area contributed by atoms with E-state index in [-0.39, 0.29) is 10.7 Å². The molecular weight excluding hydrogens is 317 g/mol. The average Bonchev–Trinajstić information content (AvgIpc) is 2.18. The van der Waals surface area contributed by atoms with Crippen LogP contribution in [-0.2, 0) is 0 Å². The van der Waals surface area contributed by atoms with Crippen molar-refractivity contribution in [3.63, 3.8) is 0 Å². The number of nitrogens with zero attached hydrogens (tertiary/aromatic N) is 1. The second-order valence-corrected chi connectivity index (χ2v) is 4.74. The van der Waals surface area contributed by atoms with Gasteiger partial charge in [-0.25, -0.2) is 9.78 Å². The number of carboxylic acid groups (broad SMARTS) is 1. The molecule has 0 spiro atoms.